The molecule has 1 aromatic heterocycles. The minimum absolute atomic E-state index is 0.228. The van der Waals surface area contributed by atoms with E-state index in [1.807, 2.05) is 0 Å². The summed E-state index contributed by atoms with van der Waals surface area (Å²) in [6, 6.07) is 2.12. The molecule has 1 aliphatic rings. The van der Waals surface area contributed by atoms with Gasteiger partial charge in [0.15, 0.2) is 0 Å². The van der Waals surface area contributed by atoms with Crippen LogP contribution < -0.4 is 5.32 Å². The van der Waals surface area contributed by atoms with Gasteiger partial charge in [-0.3, -0.25) is 4.79 Å². The Morgan fingerprint density at radius 3 is 3.00 bits per heavy atom. The van der Waals surface area contributed by atoms with Crippen LogP contribution in [0.2, 0.25) is 0 Å². The van der Waals surface area contributed by atoms with Gasteiger partial charge in [0.05, 0.1) is 6.54 Å². The van der Waals surface area contributed by atoms with Gasteiger partial charge in [-0.05, 0) is 36.8 Å². The van der Waals surface area contributed by atoms with Gasteiger partial charge in [0.1, 0.15) is 0 Å². The first-order chi connectivity index (χ1) is 6.25. The predicted molar refractivity (Wildman–Crippen MR) is 53.6 cm³/mol. The van der Waals surface area contributed by atoms with Crippen molar-refractivity contribution < 1.29 is 4.79 Å². The van der Waals surface area contributed by atoms with E-state index in [4.69, 9.17) is 0 Å². The van der Waals surface area contributed by atoms with Gasteiger partial charge in [0, 0.05) is 10.8 Å². The van der Waals surface area contributed by atoms with Gasteiger partial charge in [0.25, 0.3) is 0 Å². The highest BCUT2D eigenvalue weighted by molar-refractivity contribution is 7.10. The molecule has 3 heteroatoms. The van der Waals surface area contributed by atoms with Crippen molar-refractivity contribution in [2.45, 2.75) is 26.3 Å². The number of hydrogen-bond acceptors (Lipinski definition) is 2. The number of hydrogen-bond donors (Lipinski definition) is 1. The number of rotatable bonds is 3. The van der Waals surface area contributed by atoms with Gasteiger partial charge in [0.2, 0.25) is 5.91 Å². The lowest BCUT2D eigenvalue weighted by Gasteiger charge is -2.00. The molecule has 2 nitrogen and oxygen atoms in total. The van der Waals surface area contributed by atoms with Crippen LogP contribution in [0, 0.1) is 12.8 Å². The molecule has 0 atom stereocenters. The van der Waals surface area contributed by atoms with Crippen molar-refractivity contribution in [1.29, 1.82) is 0 Å². The summed E-state index contributed by atoms with van der Waals surface area (Å²) < 4.78 is 0. The number of carbonyl (C=O) groups is 1. The van der Waals surface area contributed by atoms with E-state index in [9.17, 15) is 4.79 Å². The summed E-state index contributed by atoms with van der Waals surface area (Å²) in [5.41, 5.74) is 1.28. The highest BCUT2D eigenvalue weighted by Gasteiger charge is 2.29. The van der Waals surface area contributed by atoms with Crippen LogP contribution >= 0.6 is 11.3 Å². The quantitative estimate of drug-likeness (QED) is 0.786. The van der Waals surface area contributed by atoms with Crippen LogP contribution in [0.3, 0.4) is 0 Å². The molecule has 1 fully saturated rings. The molecule has 0 bridgehead atoms. The molecule has 1 saturated carbocycles. The molecular weight excluding hydrogens is 182 g/mol. The maximum absolute atomic E-state index is 11.3. The third-order valence-electron chi connectivity index (χ3n) is 2.17. The number of carbonyl (C=O) groups excluding carboxylic acids is 1. The summed E-state index contributed by atoms with van der Waals surface area (Å²) in [5.74, 6) is 0.548. The lowest BCUT2D eigenvalue weighted by Crippen LogP contribution is -2.23. The number of aryl methyl sites for hydroxylation is 1. The minimum Gasteiger partial charge on any atom is -0.351 e. The van der Waals surface area contributed by atoms with Crippen molar-refractivity contribution >= 4 is 17.2 Å². The summed E-state index contributed by atoms with van der Waals surface area (Å²) in [6.45, 7) is 2.77. The van der Waals surface area contributed by atoms with Gasteiger partial charge in [-0.1, -0.05) is 0 Å². The number of nitrogens with one attached hydrogen (secondary N) is 1. The first kappa shape index (κ1) is 8.75. The van der Waals surface area contributed by atoms with E-state index < -0.39 is 0 Å². The number of amides is 1. The first-order valence-corrected chi connectivity index (χ1v) is 5.45. The van der Waals surface area contributed by atoms with Crippen molar-refractivity contribution in [3.8, 4) is 0 Å². The van der Waals surface area contributed by atoms with E-state index in [0.717, 1.165) is 12.8 Å². The van der Waals surface area contributed by atoms with E-state index in [0.29, 0.717) is 12.5 Å². The molecule has 13 heavy (non-hydrogen) atoms. The molecule has 0 radical (unpaired) electrons. The summed E-state index contributed by atoms with van der Waals surface area (Å²) in [7, 11) is 0. The highest BCUT2D eigenvalue weighted by atomic mass is 32.1. The Hall–Kier alpha value is -0.830. The summed E-state index contributed by atoms with van der Waals surface area (Å²) in [6.07, 6.45) is 2.16. The molecule has 1 aromatic rings. The van der Waals surface area contributed by atoms with E-state index in [1.54, 1.807) is 11.3 Å². The Morgan fingerprint density at radius 2 is 2.46 bits per heavy atom. The van der Waals surface area contributed by atoms with Crippen molar-refractivity contribution in [3.63, 3.8) is 0 Å². The molecule has 0 unspecified atom stereocenters. The zero-order chi connectivity index (χ0) is 9.26. The second-order valence-electron chi connectivity index (χ2n) is 3.58. The van der Waals surface area contributed by atoms with Crippen LogP contribution in [0.5, 0.6) is 0 Å². The normalized spacial score (nSPS) is 15.8. The van der Waals surface area contributed by atoms with Crippen LogP contribution in [-0.2, 0) is 11.3 Å². The van der Waals surface area contributed by atoms with Crippen LogP contribution in [0.1, 0.15) is 23.3 Å². The Bertz CT molecular complexity index is 314. The van der Waals surface area contributed by atoms with Gasteiger partial charge in [-0.2, -0.15) is 0 Å². The topological polar surface area (TPSA) is 29.1 Å². The maximum atomic E-state index is 11.3. The van der Waals surface area contributed by atoms with Gasteiger partial charge in [-0.15, -0.1) is 11.3 Å². The molecule has 2 rings (SSSR count). The highest BCUT2D eigenvalue weighted by Crippen LogP contribution is 2.28. The monoisotopic (exact) mass is 195 g/mol. The Morgan fingerprint density at radius 1 is 1.69 bits per heavy atom. The lowest BCUT2D eigenvalue weighted by molar-refractivity contribution is -0.122. The Kier molecular flexibility index (Phi) is 2.36. The molecule has 0 saturated heterocycles. The second-order valence-corrected chi connectivity index (χ2v) is 4.58. The molecule has 0 aromatic carbocycles. The van der Waals surface area contributed by atoms with Crippen molar-refractivity contribution in [1.82, 2.24) is 5.32 Å². The lowest BCUT2D eigenvalue weighted by atomic mass is 10.3. The summed E-state index contributed by atoms with van der Waals surface area (Å²) >= 11 is 1.71. The van der Waals surface area contributed by atoms with E-state index in [1.165, 1.54) is 10.4 Å². The van der Waals surface area contributed by atoms with Crippen molar-refractivity contribution in [2.75, 3.05) is 0 Å². The summed E-state index contributed by atoms with van der Waals surface area (Å²) in [4.78, 5) is 12.5. The fraction of sp³-hybridized carbons (Fsp3) is 0.500. The molecule has 1 aliphatic carbocycles. The molecule has 1 heterocycles. The smallest absolute Gasteiger partial charge is 0.223 e. The zero-order valence-electron chi connectivity index (χ0n) is 7.67. The van der Waals surface area contributed by atoms with Crippen molar-refractivity contribution in [2.24, 2.45) is 5.92 Å². The largest absolute Gasteiger partial charge is 0.351 e. The number of thiophene rings is 1. The van der Waals surface area contributed by atoms with Crippen LogP contribution in [0.25, 0.3) is 0 Å². The molecule has 70 valence electrons. The standard InChI is InChI=1S/C10H13NOS/c1-7-4-9(13-6-7)5-11-10(12)8-2-3-8/h4,6,8H,2-3,5H2,1H3,(H,11,12). The Balaban J connectivity index is 1.81. The molecular formula is C10H13NOS. The molecule has 0 aliphatic heterocycles. The average Bonchev–Trinajstić information content (AvgIpc) is 2.87. The van der Waals surface area contributed by atoms with Crippen molar-refractivity contribution in [3.05, 3.63) is 21.9 Å². The predicted octanol–water partition coefficient (Wildman–Crippen LogP) is 2.08. The van der Waals surface area contributed by atoms with E-state index in [2.05, 4.69) is 23.7 Å². The third-order valence-corrected chi connectivity index (χ3v) is 3.22. The SMILES string of the molecule is Cc1csc(CNC(=O)C2CC2)c1. The van der Waals surface area contributed by atoms with Gasteiger partial charge in [-0.25, -0.2) is 0 Å². The van der Waals surface area contributed by atoms with E-state index in [-0.39, 0.29) is 5.91 Å². The van der Waals surface area contributed by atoms with Crippen LogP contribution in [-0.4, -0.2) is 5.91 Å². The first-order valence-electron chi connectivity index (χ1n) is 4.57. The van der Waals surface area contributed by atoms with E-state index >= 15 is 0 Å². The minimum atomic E-state index is 0.228. The average molecular weight is 195 g/mol. The Labute approximate surface area is 82.0 Å². The zero-order valence-corrected chi connectivity index (χ0v) is 8.49. The molecule has 1 amide bonds. The fourth-order valence-corrected chi connectivity index (χ4v) is 2.06. The second kappa shape index (κ2) is 3.50. The molecule has 0 spiro atoms. The maximum Gasteiger partial charge on any atom is 0.223 e. The summed E-state index contributed by atoms with van der Waals surface area (Å²) in [5, 5.41) is 5.06. The molecule has 1 N–H and O–H groups in total. The van der Waals surface area contributed by atoms with Crippen LogP contribution in [0.15, 0.2) is 11.4 Å². The van der Waals surface area contributed by atoms with Crippen LogP contribution in [0.4, 0.5) is 0 Å². The fourth-order valence-electron chi connectivity index (χ4n) is 1.25. The van der Waals surface area contributed by atoms with Gasteiger partial charge < -0.3 is 5.32 Å². The third kappa shape index (κ3) is 2.31. The van der Waals surface area contributed by atoms with Gasteiger partial charge >= 0.3 is 0 Å².